The van der Waals surface area contributed by atoms with Crippen LogP contribution in [0.1, 0.15) is 15.9 Å². The zero-order valence-electron chi connectivity index (χ0n) is 12.9. The Bertz CT molecular complexity index is 637. The molecule has 1 unspecified atom stereocenters. The maximum Gasteiger partial charge on any atom is 0.253 e. The van der Waals surface area contributed by atoms with Crippen molar-refractivity contribution in [2.24, 2.45) is 0 Å². The van der Waals surface area contributed by atoms with E-state index in [1.807, 2.05) is 30.3 Å². The lowest BCUT2D eigenvalue weighted by atomic mass is 10.2. The van der Waals surface area contributed by atoms with Crippen LogP contribution >= 0.6 is 0 Å². The second-order valence-corrected chi connectivity index (χ2v) is 5.21. The highest BCUT2D eigenvalue weighted by atomic mass is 19.1. The number of aliphatic hydroxyl groups is 1. The third-order valence-electron chi connectivity index (χ3n) is 3.23. The summed E-state index contributed by atoms with van der Waals surface area (Å²) < 4.78 is 18.5. The van der Waals surface area contributed by atoms with E-state index in [0.29, 0.717) is 6.61 Å². The van der Waals surface area contributed by atoms with Gasteiger partial charge in [-0.2, -0.15) is 4.39 Å². The van der Waals surface area contributed by atoms with E-state index in [1.54, 1.807) is 7.05 Å². The van der Waals surface area contributed by atoms with Gasteiger partial charge in [0.25, 0.3) is 5.91 Å². The average molecular weight is 318 g/mol. The Morgan fingerprint density at radius 2 is 2.09 bits per heavy atom. The Balaban J connectivity index is 1.78. The number of carbonyl (C=O) groups excluding carboxylic acids is 1. The number of pyridine rings is 1. The Morgan fingerprint density at radius 1 is 1.35 bits per heavy atom. The molecule has 23 heavy (non-hydrogen) atoms. The first-order valence-corrected chi connectivity index (χ1v) is 7.23. The van der Waals surface area contributed by atoms with Crippen molar-refractivity contribution in [3.63, 3.8) is 0 Å². The van der Waals surface area contributed by atoms with Gasteiger partial charge in [0.15, 0.2) is 0 Å². The van der Waals surface area contributed by atoms with Crippen molar-refractivity contribution in [2.45, 2.75) is 12.7 Å². The molecule has 6 heteroatoms. The number of rotatable bonds is 7. The molecule has 1 atom stereocenters. The number of likely N-dealkylation sites (N-methyl/N-ethyl adjacent to an activating group) is 1. The van der Waals surface area contributed by atoms with Crippen LogP contribution in [0.25, 0.3) is 0 Å². The summed E-state index contributed by atoms with van der Waals surface area (Å²) in [5.41, 5.74) is 1.20. The summed E-state index contributed by atoms with van der Waals surface area (Å²) in [4.78, 5) is 16.8. The van der Waals surface area contributed by atoms with Crippen LogP contribution in [-0.2, 0) is 11.3 Å². The third-order valence-corrected chi connectivity index (χ3v) is 3.23. The first kappa shape index (κ1) is 17.1. The van der Waals surface area contributed by atoms with Crippen LogP contribution in [0.2, 0.25) is 0 Å². The normalized spacial score (nSPS) is 12.0. The summed E-state index contributed by atoms with van der Waals surface area (Å²) in [5.74, 6) is -1.09. The molecule has 2 rings (SSSR count). The maximum absolute atomic E-state index is 13.0. The number of carbonyl (C=O) groups is 1. The number of aliphatic hydroxyl groups excluding tert-OH is 1. The number of hydrogen-bond acceptors (Lipinski definition) is 4. The fourth-order valence-electron chi connectivity index (χ4n) is 2.09. The summed E-state index contributed by atoms with van der Waals surface area (Å²) in [5, 5.41) is 9.94. The molecule has 1 heterocycles. The highest BCUT2D eigenvalue weighted by molar-refractivity contribution is 5.93. The first-order valence-electron chi connectivity index (χ1n) is 7.23. The Hall–Kier alpha value is -2.31. The van der Waals surface area contributed by atoms with Crippen LogP contribution in [0.4, 0.5) is 4.39 Å². The van der Waals surface area contributed by atoms with Gasteiger partial charge in [-0.05, 0) is 11.6 Å². The van der Waals surface area contributed by atoms with Gasteiger partial charge in [-0.25, -0.2) is 4.98 Å². The van der Waals surface area contributed by atoms with E-state index in [0.717, 1.165) is 11.6 Å². The molecule has 0 aliphatic carbocycles. The average Bonchev–Trinajstić information content (AvgIpc) is 2.55. The topological polar surface area (TPSA) is 62.7 Å². The predicted octanol–water partition coefficient (Wildman–Crippen LogP) is 1.87. The van der Waals surface area contributed by atoms with Gasteiger partial charge in [0.2, 0.25) is 5.95 Å². The lowest BCUT2D eigenvalue weighted by molar-refractivity contribution is 0.0137. The maximum atomic E-state index is 13.0. The largest absolute Gasteiger partial charge is 0.389 e. The van der Waals surface area contributed by atoms with E-state index in [4.69, 9.17) is 4.74 Å². The number of nitrogens with zero attached hydrogens (tertiary/aromatic N) is 2. The van der Waals surface area contributed by atoms with Crippen LogP contribution in [0.15, 0.2) is 48.7 Å². The van der Waals surface area contributed by atoms with Crippen molar-refractivity contribution in [1.29, 1.82) is 0 Å². The molecule has 1 aromatic carbocycles. The van der Waals surface area contributed by atoms with Gasteiger partial charge >= 0.3 is 0 Å². The smallest absolute Gasteiger partial charge is 0.253 e. The molecule has 0 fully saturated rings. The lowest BCUT2D eigenvalue weighted by Crippen LogP contribution is -2.36. The number of halogens is 1. The van der Waals surface area contributed by atoms with Crippen LogP contribution < -0.4 is 0 Å². The van der Waals surface area contributed by atoms with Gasteiger partial charge in [-0.3, -0.25) is 4.79 Å². The molecule has 2 aromatic rings. The Labute approximate surface area is 134 Å². The molecule has 1 aromatic heterocycles. The molecule has 122 valence electrons. The molecular weight excluding hydrogens is 299 g/mol. The second-order valence-electron chi connectivity index (χ2n) is 5.21. The Kier molecular flexibility index (Phi) is 6.19. The van der Waals surface area contributed by atoms with E-state index in [2.05, 4.69) is 4.98 Å². The van der Waals surface area contributed by atoms with Crippen molar-refractivity contribution in [3.05, 3.63) is 65.7 Å². The SMILES string of the molecule is CN(CC(O)COCc1ccccc1)C(=O)c1ccnc(F)c1. The fraction of sp³-hybridized carbons (Fsp3) is 0.294. The predicted molar refractivity (Wildman–Crippen MR) is 83.3 cm³/mol. The zero-order valence-corrected chi connectivity index (χ0v) is 12.9. The van der Waals surface area contributed by atoms with Gasteiger partial charge < -0.3 is 14.7 Å². The quantitative estimate of drug-likeness (QED) is 0.792. The van der Waals surface area contributed by atoms with Crippen molar-refractivity contribution < 1.29 is 19.0 Å². The summed E-state index contributed by atoms with van der Waals surface area (Å²) in [6.45, 7) is 0.597. The molecule has 0 saturated heterocycles. The molecule has 0 radical (unpaired) electrons. The van der Waals surface area contributed by atoms with Crippen LogP contribution in [0, 0.1) is 5.95 Å². The van der Waals surface area contributed by atoms with Gasteiger partial charge in [0.05, 0.1) is 19.3 Å². The monoisotopic (exact) mass is 318 g/mol. The van der Waals surface area contributed by atoms with Crippen LogP contribution in [0.5, 0.6) is 0 Å². The standard InChI is InChI=1S/C17H19FN2O3/c1-20(17(22)14-7-8-19-16(18)9-14)10-15(21)12-23-11-13-5-3-2-4-6-13/h2-9,15,21H,10-12H2,1H3. The van der Waals surface area contributed by atoms with E-state index in [1.165, 1.54) is 17.2 Å². The van der Waals surface area contributed by atoms with E-state index >= 15 is 0 Å². The molecular formula is C17H19FN2O3. The van der Waals surface area contributed by atoms with Gasteiger partial charge in [-0.1, -0.05) is 30.3 Å². The van der Waals surface area contributed by atoms with Gasteiger partial charge in [0.1, 0.15) is 0 Å². The molecule has 1 N–H and O–H groups in total. The highest BCUT2D eigenvalue weighted by Crippen LogP contribution is 2.06. The minimum absolute atomic E-state index is 0.0948. The summed E-state index contributed by atoms with van der Waals surface area (Å²) >= 11 is 0. The second kappa shape index (κ2) is 8.36. The van der Waals surface area contributed by atoms with Crippen LogP contribution in [0.3, 0.4) is 0 Å². The van der Waals surface area contributed by atoms with Crippen molar-refractivity contribution in [1.82, 2.24) is 9.88 Å². The number of aromatic nitrogens is 1. The number of amides is 1. The minimum Gasteiger partial charge on any atom is -0.389 e. The third kappa shape index (κ3) is 5.43. The summed E-state index contributed by atoms with van der Waals surface area (Å²) in [6, 6.07) is 12.1. The minimum atomic E-state index is -0.820. The Morgan fingerprint density at radius 3 is 2.78 bits per heavy atom. The number of ether oxygens (including phenoxy) is 1. The summed E-state index contributed by atoms with van der Waals surface area (Å²) in [7, 11) is 1.54. The molecule has 5 nitrogen and oxygen atoms in total. The first-order chi connectivity index (χ1) is 11.1. The molecule has 0 aliphatic heterocycles. The van der Waals surface area contributed by atoms with Gasteiger partial charge in [0, 0.05) is 31.4 Å². The van der Waals surface area contributed by atoms with E-state index < -0.39 is 12.1 Å². The molecule has 0 bridgehead atoms. The number of hydrogen-bond donors (Lipinski definition) is 1. The molecule has 1 amide bonds. The molecule has 0 aliphatic rings. The highest BCUT2D eigenvalue weighted by Gasteiger charge is 2.16. The van der Waals surface area contributed by atoms with E-state index in [-0.39, 0.29) is 24.6 Å². The van der Waals surface area contributed by atoms with Crippen molar-refractivity contribution >= 4 is 5.91 Å². The van der Waals surface area contributed by atoms with Crippen molar-refractivity contribution in [2.75, 3.05) is 20.2 Å². The van der Waals surface area contributed by atoms with E-state index in [9.17, 15) is 14.3 Å². The zero-order chi connectivity index (χ0) is 16.7. The lowest BCUT2D eigenvalue weighted by Gasteiger charge is -2.21. The fourth-order valence-corrected chi connectivity index (χ4v) is 2.09. The van der Waals surface area contributed by atoms with Crippen molar-refractivity contribution in [3.8, 4) is 0 Å². The summed E-state index contributed by atoms with van der Waals surface area (Å²) in [6.07, 6.45) is 0.412. The van der Waals surface area contributed by atoms with Crippen LogP contribution in [-0.4, -0.2) is 47.2 Å². The number of benzene rings is 1. The molecule has 0 saturated carbocycles. The van der Waals surface area contributed by atoms with Gasteiger partial charge in [-0.15, -0.1) is 0 Å². The molecule has 0 spiro atoms.